The van der Waals surface area contributed by atoms with Gasteiger partial charge in [-0.15, -0.1) is 0 Å². The van der Waals surface area contributed by atoms with E-state index in [1.807, 2.05) is 25.1 Å². The van der Waals surface area contributed by atoms with Crippen molar-refractivity contribution >= 4 is 11.6 Å². The molecule has 1 atom stereocenters. The first kappa shape index (κ1) is 14.7. The summed E-state index contributed by atoms with van der Waals surface area (Å²) < 4.78 is 10.7. The van der Waals surface area contributed by atoms with Crippen molar-refractivity contribution in [2.75, 3.05) is 25.1 Å². The van der Waals surface area contributed by atoms with Crippen LogP contribution in [0, 0.1) is 6.92 Å². The lowest BCUT2D eigenvalue weighted by atomic mass is 10.1. The highest BCUT2D eigenvalue weighted by Crippen LogP contribution is 2.25. The molecule has 6 nitrogen and oxygen atoms in total. The molecule has 1 amide bonds. The quantitative estimate of drug-likeness (QED) is 0.903. The number of benzene rings is 1. The number of carbonyl (C=O) groups excluding carboxylic acids is 1. The van der Waals surface area contributed by atoms with Crippen LogP contribution in [0.25, 0.3) is 11.5 Å². The molecule has 0 aliphatic carbocycles. The molecule has 3 rings (SSSR count). The lowest BCUT2D eigenvalue weighted by molar-refractivity contribution is -0.117. The van der Waals surface area contributed by atoms with Gasteiger partial charge in [0.1, 0.15) is 6.26 Å². The van der Waals surface area contributed by atoms with Gasteiger partial charge in [-0.25, -0.2) is 4.98 Å². The van der Waals surface area contributed by atoms with Crippen molar-refractivity contribution in [1.29, 1.82) is 0 Å². The number of rotatable bonds is 4. The number of oxazole rings is 1. The number of amides is 1. The number of hydrogen-bond acceptors (Lipinski definition) is 5. The van der Waals surface area contributed by atoms with Gasteiger partial charge >= 0.3 is 0 Å². The lowest BCUT2D eigenvalue weighted by Gasteiger charge is -2.23. The van der Waals surface area contributed by atoms with Gasteiger partial charge < -0.3 is 19.8 Å². The van der Waals surface area contributed by atoms with Crippen LogP contribution in [0.2, 0.25) is 0 Å². The molecule has 1 aromatic carbocycles. The molecule has 1 saturated heterocycles. The van der Waals surface area contributed by atoms with Gasteiger partial charge in [0, 0.05) is 30.3 Å². The predicted molar refractivity (Wildman–Crippen MR) is 82.5 cm³/mol. The van der Waals surface area contributed by atoms with E-state index in [1.54, 1.807) is 6.20 Å². The molecule has 2 aromatic rings. The van der Waals surface area contributed by atoms with Crippen molar-refractivity contribution < 1.29 is 13.9 Å². The standard InChI is InChI=1S/C16H19N3O3/c1-11-2-3-12(8-14(11)16-18-5-7-22-16)19-15(20)9-13-10-21-6-4-17-13/h2-3,5,7-8,13,17H,4,6,9-10H2,1H3,(H,19,20). The average molecular weight is 301 g/mol. The van der Waals surface area contributed by atoms with Crippen molar-refractivity contribution in [1.82, 2.24) is 10.3 Å². The number of aromatic nitrogens is 1. The van der Waals surface area contributed by atoms with Crippen LogP contribution in [-0.4, -0.2) is 36.7 Å². The molecule has 1 aliphatic heterocycles. The SMILES string of the molecule is Cc1ccc(NC(=O)CC2COCCN2)cc1-c1ncco1. The van der Waals surface area contributed by atoms with E-state index in [1.165, 1.54) is 6.26 Å². The van der Waals surface area contributed by atoms with Gasteiger partial charge in [0.25, 0.3) is 0 Å². The highest BCUT2D eigenvalue weighted by Gasteiger charge is 2.17. The predicted octanol–water partition coefficient (Wildman–Crippen LogP) is 1.97. The lowest BCUT2D eigenvalue weighted by Crippen LogP contribution is -2.43. The summed E-state index contributed by atoms with van der Waals surface area (Å²) in [7, 11) is 0. The first-order chi connectivity index (χ1) is 10.7. The monoisotopic (exact) mass is 301 g/mol. The van der Waals surface area contributed by atoms with Gasteiger partial charge in [-0.2, -0.15) is 0 Å². The second-order valence-corrected chi connectivity index (χ2v) is 5.35. The van der Waals surface area contributed by atoms with Gasteiger partial charge in [-0.3, -0.25) is 4.79 Å². The second kappa shape index (κ2) is 6.72. The number of ether oxygens (including phenoxy) is 1. The van der Waals surface area contributed by atoms with Gasteiger partial charge in [0.15, 0.2) is 0 Å². The van der Waals surface area contributed by atoms with Crippen molar-refractivity contribution in [2.24, 2.45) is 0 Å². The molecular formula is C16H19N3O3. The summed E-state index contributed by atoms with van der Waals surface area (Å²) in [5.41, 5.74) is 2.66. The summed E-state index contributed by atoms with van der Waals surface area (Å²) in [6.07, 6.45) is 3.53. The molecular weight excluding hydrogens is 282 g/mol. The van der Waals surface area contributed by atoms with E-state index >= 15 is 0 Å². The van der Waals surface area contributed by atoms with E-state index < -0.39 is 0 Å². The third kappa shape index (κ3) is 3.52. The fraction of sp³-hybridized carbons (Fsp3) is 0.375. The molecule has 22 heavy (non-hydrogen) atoms. The minimum absolute atomic E-state index is 0.0368. The Labute approximate surface area is 128 Å². The number of morpholine rings is 1. The van der Waals surface area contributed by atoms with Crippen LogP contribution >= 0.6 is 0 Å². The maximum atomic E-state index is 12.1. The summed E-state index contributed by atoms with van der Waals surface area (Å²) in [6.45, 7) is 4.05. The number of carbonyl (C=O) groups is 1. The summed E-state index contributed by atoms with van der Waals surface area (Å²) in [5.74, 6) is 0.515. The third-order valence-electron chi connectivity index (χ3n) is 3.61. The fourth-order valence-corrected chi connectivity index (χ4v) is 2.47. The first-order valence-electron chi connectivity index (χ1n) is 7.34. The summed E-state index contributed by atoms with van der Waals surface area (Å²) in [5, 5.41) is 6.18. The average Bonchev–Trinajstić information content (AvgIpc) is 3.04. The van der Waals surface area contributed by atoms with Crippen LogP contribution in [0.3, 0.4) is 0 Å². The van der Waals surface area contributed by atoms with E-state index in [4.69, 9.17) is 9.15 Å². The fourth-order valence-electron chi connectivity index (χ4n) is 2.47. The second-order valence-electron chi connectivity index (χ2n) is 5.35. The maximum absolute atomic E-state index is 12.1. The highest BCUT2D eigenvalue weighted by atomic mass is 16.5. The Morgan fingerprint density at radius 3 is 3.14 bits per heavy atom. The van der Waals surface area contributed by atoms with Gasteiger partial charge in [0.05, 0.1) is 19.4 Å². The van der Waals surface area contributed by atoms with Crippen LogP contribution in [-0.2, 0) is 9.53 Å². The van der Waals surface area contributed by atoms with Crippen LogP contribution in [0.15, 0.2) is 35.1 Å². The molecule has 6 heteroatoms. The first-order valence-corrected chi connectivity index (χ1v) is 7.34. The normalized spacial score (nSPS) is 18.1. The van der Waals surface area contributed by atoms with Crippen molar-refractivity contribution in [3.63, 3.8) is 0 Å². The molecule has 0 radical (unpaired) electrons. The molecule has 2 heterocycles. The summed E-state index contributed by atoms with van der Waals surface area (Å²) in [6, 6.07) is 5.77. The van der Waals surface area contributed by atoms with Gasteiger partial charge in [0.2, 0.25) is 11.8 Å². The topological polar surface area (TPSA) is 76.4 Å². The molecule has 0 spiro atoms. The minimum atomic E-state index is -0.0368. The van der Waals surface area contributed by atoms with Crippen molar-refractivity contribution in [3.8, 4) is 11.5 Å². The van der Waals surface area contributed by atoms with Crippen LogP contribution in [0.4, 0.5) is 5.69 Å². The zero-order valence-corrected chi connectivity index (χ0v) is 12.5. The molecule has 1 unspecified atom stereocenters. The Morgan fingerprint density at radius 2 is 2.41 bits per heavy atom. The van der Waals surface area contributed by atoms with Crippen LogP contribution in [0.5, 0.6) is 0 Å². The van der Waals surface area contributed by atoms with Crippen LogP contribution < -0.4 is 10.6 Å². The van der Waals surface area contributed by atoms with E-state index in [0.29, 0.717) is 25.5 Å². The molecule has 0 saturated carbocycles. The third-order valence-corrected chi connectivity index (χ3v) is 3.61. The van der Waals surface area contributed by atoms with Crippen LogP contribution in [0.1, 0.15) is 12.0 Å². The molecule has 1 aromatic heterocycles. The molecule has 1 fully saturated rings. The maximum Gasteiger partial charge on any atom is 0.226 e. The molecule has 1 aliphatic rings. The van der Waals surface area contributed by atoms with E-state index in [-0.39, 0.29) is 11.9 Å². The summed E-state index contributed by atoms with van der Waals surface area (Å²) in [4.78, 5) is 16.3. The zero-order chi connectivity index (χ0) is 15.4. The highest BCUT2D eigenvalue weighted by molar-refractivity contribution is 5.91. The number of nitrogens with zero attached hydrogens (tertiary/aromatic N) is 1. The number of hydrogen-bond donors (Lipinski definition) is 2. The molecule has 116 valence electrons. The Balaban J connectivity index is 1.67. The van der Waals surface area contributed by atoms with E-state index in [9.17, 15) is 4.79 Å². The number of aryl methyl sites for hydroxylation is 1. The Hall–Kier alpha value is -2.18. The summed E-state index contributed by atoms with van der Waals surface area (Å²) >= 11 is 0. The van der Waals surface area contributed by atoms with Gasteiger partial charge in [-0.05, 0) is 24.6 Å². The Bertz CT molecular complexity index is 634. The van der Waals surface area contributed by atoms with Crippen molar-refractivity contribution in [2.45, 2.75) is 19.4 Å². The zero-order valence-electron chi connectivity index (χ0n) is 12.5. The largest absolute Gasteiger partial charge is 0.445 e. The van der Waals surface area contributed by atoms with E-state index in [0.717, 1.165) is 23.4 Å². The van der Waals surface area contributed by atoms with E-state index in [2.05, 4.69) is 15.6 Å². The number of anilines is 1. The van der Waals surface area contributed by atoms with Gasteiger partial charge in [-0.1, -0.05) is 6.07 Å². The minimum Gasteiger partial charge on any atom is -0.445 e. The Kier molecular flexibility index (Phi) is 4.50. The number of nitrogens with one attached hydrogen (secondary N) is 2. The smallest absolute Gasteiger partial charge is 0.226 e. The van der Waals surface area contributed by atoms with Crippen molar-refractivity contribution in [3.05, 3.63) is 36.2 Å². The molecule has 0 bridgehead atoms. The Morgan fingerprint density at radius 1 is 1.50 bits per heavy atom. The molecule has 2 N–H and O–H groups in total.